The van der Waals surface area contributed by atoms with E-state index < -0.39 is 11.7 Å². The van der Waals surface area contributed by atoms with Crippen LogP contribution in [0.3, 0.4) is 0 Å². The molecule has 33 heavy (non-hydrogen) atoms. The van der Waals surface area contributed by atoms with Gasteiger partial charge in [0.15, 0.2) is 11.5 Å². The maximum absolute atomic E-state index is 13.0. The highest BCUT2D eigenvalue weighted by atomic mass is 32.1. The van der Waals surface area contributed by atoms with Crippen LogP contribution in [0, 0.1) is 0 Å². The average Bonchev–Trinajstić information content (AvgIpc) is 3.54. The minimum Gasteiger partial charge on any atom is -0.493 e. The minimum absolute atomic E-state index is 0.0819. The number of alkyl halides is 3. The Hall–Kier alpha value is -3.07. The molecule has 0 aliphatic heterocycles. The number of rotatable bonds is 8. The van der Waals surface area contributed by atoms with Crippen LogP contribution < -0.4 is 9.47 Å². The summed E-state index contributed by atoms with van der Waals surface area (Å²) >= 11 is 1.44. The molecule has 2 aromatic carbocycles. The van der Waals surface area contributed by atoms with Crippen molar-refractivity contribution in [3.05, 3.63) is 64.7 Å². The van der Waals surface area contributed by atoms with Crippen LogP contribution in [0.2, 0.25) is 0 Å². The molecule has 5 nitrogen and oxygen atoms in total. The highest BCUT2D eigenvalue weighted by molar-refractivity contribution is 7.13. The van der Waals surface area contributed by atoms with Crippen LogP contribution in [-0.2, 0) is 23.9 Å². The Kier molecular flexibility index (Phi) is 6.60. The molecule has 1 heterocycles. The van der Waals surface area contributed by atoms with Gasteiger partial charge in [0.25, 0.3) is 0 Å². The first-order valence-corrected chi connectivity index (χ1v) is 11.3. The van der Waals surface area contributed by atoms with E-state index >= 15 is 0 Å². The SMILES string of the molecule is COc1ccc(-c2nc(CC(=O)N(Cc3ccc(C(F)(F)F)cc3)C3CC3)cs2)cc1OC. The molecular weight excluding hydrogens is 453 g/mol. The second kappa shape index (κ2) is 9.43. The molecule has 0 radical (unpaired) electrons. The van der Waals surface area contributed by atoms with Crippen LogP contribution in [0.5, 0.6) is 11.5 Å². The molecule has 0 spiro atoms. The van der Waals surface area contributed by atoms with E-state index in [1.165, 1.54) is 23.5 Å². The summed E-state index contributed by atoms with van der Waals surface area (Å²) in [6, 6.07) is 10.6. The Bertz CT molecular complexity index is 1120. The number of methoxy groups -OCH3 is 2. The molecule has 0 N–H and O–H groups in total. The summed E-state index contributed by atoms with van der Waals surface area (Å²) in [7, 11) is 3.14. The van der Waals surface area contributed by atoms with Crippen LogP contribution in [0.1, 0.15) is 29.7 Å². The number of nitrogens with zero attached hydrogens (tertiary/aromatic N) is 2. The summed E-state index contributed by atoms with van der Waals surface area (Å²) in [6.07, 6.45) is -2.43. The third kappa shape index (κ3) is 5.47. The number of ether oxygens (including phenoxy) is 2. The van der Waals surface area contributed by atoms with Gasteiger partial charge >= 0.3 is 6.18 Å². The van der Waals surface area contributed by atoms with Gasteiger partial charge in [-0.1, -0.05) is 12.1 Å². The number of aromatic nitrogens is 1. The molecule has 1 aliphatic rings. The molecule has 3 aromatic rings. The van der Waals surface area contributed by atoms with Crippen molar-refractivity contribution < 1.29 is 27.4 Å². The fourth-order valence-electron chi connectivity index (χ4n) is 3.55. The fraction of sp³-hybridized carbons (Fsp3) is 0.333. The first-order chi connectivity index (χ1) is 15.8. The van der Waals surface area contributed by atoms with Crippen molar-refractivity contribution in [2.24, 2.45) is 0 Å². The summed E-state index contributed by atoms with van der Waals surface area (Å²) in [4.78, 5) is 19.4. The molecular formula is C24H23F3N2O3S. The van der Waals surface area contributed by atoms with Crippen LogP contribution in [0.15, 0.2) is 47.8 Å². The Morgan fingerprint density at radius 2 is 1.79 bits per heavy atom. The van der Waals surface area contributed by atoms with E-state index in [0.29, 0.717) is 22.8 Å². The molecule has 4 rings (SSSR count). The monoisotopic (exact) mass is 476 g/mol. The molecule has 9 heteroatoms. The van der Waals surface area contributed by atoms with Gasteiger partial charge in [-0.05, 0) is 48.7 Å². The number of amides is 1. The smallest absolute Gasteiger partial charge is 0.416 e. The molecule has 1 amide bonds. The molecule has 1 aromatic heterocycles. The van der Waals surface area contributed by atoms with E-state index in [0.717, 1.165) is 35.5 Å². The summed E-state index contributed by atoms with van der Waals surface area (Å²) in [6.45, 7) is 0.286. The maximum atomic E-state index is 13.0. The first-order valence-electron chi connectivity index (χ1n) is 10.4. The normalized spacial score (nSPS) is 13.6. The molecule has 1 aliphatic carbocycles. The summed E-state index contributed by atoms with van der Waals surface area (Å²) in [5.41, 5.74) is 1.50. The molecule has 1 fully saturated rings. The second-order valence-electron chi connectivity index (χ2n) is 7.84. The highest BCUT2D eigenvalue weighted by Gasteiger charge is 2.33. The third-order valence-electron chi connectivity index (χ3n) is 5.46. The molecule has 1 saturated carbocycles. The van der Waals surface area contributed by atoms with Gasteiger partial charge in [-0.2, -0.15) is 13.2 Å². The fourth-order valence-corrected chi connectivity index (χ4v) is 4.37. The summed E-state index contributed by atoms with van der Waals surface area (Å²) < 4.78 is 49.0. The second-order valence-corrected chi connectivity index (χ2v) is 8.70. The lowest BCUT2D eigenvalue weighted by molar-refractivity contribution is -0.137. The van der Waals surface area contributed by atoms with Crippen LogP contribution in [-0.4, -0.2) is 36.1 Å². The predicted octanol–water partition coefficient (Wildman–Crippen LogP) is 5.58. The van der Waals surface area contributed by atoms with E-state index in [4.69, 9.17) is 9.47 Å². The number of halogens is 3. The van der Waals surface area contributed by atoms with Crippen molar-refractivity contribution in [2.75, 3.05) is 14.2 Å². The van der Waals surface area contributed by atoms with Gasteiger partial charge in [0.1, 0.15) is 5.01 Å². The van der Waals surface area contributed by atoms with E-state index in [2.05, 4.69) is 4.98 Å². The Labute approximate surface area is 193 Å². The average molecular weight is 477 g/mol. The molecule has 0 atom stereocenters. The third-order valence-corrected chi connectivity index (χ3v) is 6.40. The maximum Gasteiger partial charge on any atom is 0.416 e. The van der Waals surface area contributed by atoms with Crippen LogP contribution >= 0.6 is 11.3 Å². The Morgan fingerprint density at radius 3 is 2.39 bits per heavy atom. The van der Waals surface area contributed by atoms with Gasteiger partial charge in [-0.15, -0.1) is 11.3 Å². The van der Waals surface area contributed by atoms with Crippen molar-refractivity contribution >= 4 is 17.2 Å². The number of carbonyl (C=O) groups is 1. The standard InChI is InChI=1S/C24H23F3N2O3S/c1-31-20-10-5-16(11-21(20)32-2)23-28-18(14-33-23)12-22(30)29(19-8-9-19)13-15-3-6-17(7-4-15)24(25,26)27/h3-7,10-11,14,19H,8-9,12-13H2,1-2H3. The lowest BCUT2D eigenvalue weighted by atomic mass is 10.1. The van der Waals surface area contributed by atoms with Crippen molar-refractivity contribution in [2.45, 2.75) is 38.0 Å². The van der Waals surface area contributed by atoms with E-state index in [1.54, 1.807) is 25.2 Å². The van der Waals surface area contributed by atoms with Crippen molar-refractivity contribution in [3.63, 3.8) is 0 Å². The molecule has 0 bridgehead atoms. The highest BCUT2D eigenvalue weighted by Crippen LogP contribution is 2.34. The molecule has 174 valence electrons. The van der Waals surface area contributed by atoms with Gasteiger partial charge in [0, 0.05) is 23.5 Å². The topological polar surface area (TPSA) is 51.7 Å². The zero-order chi connectivity index (χ0) is 23.6. The lowest BCUT2D eigenvalue weighted by Crippen LogP contribution is -2.33. The van der Waals surface area contributed by atoms with E-state index in [-0.39, 0.29) is 24.9 Å². The number of thiazole rings is 1. The van der Waals surface area contributed by atoms with Crippen molar-refractivity contribution in [1.29, 1.82) is 0 Å². The van der Waals surface area contributed by atoms with E-state index in [1.807, 2.05) is 17.5 Å². The van der Waals surface area contributed by atoms with Crippen molar-refractivity contribution in [1.82, 2.24) is 9.88 Å². The van der Waals surface area contributed by atoms with Gasteiger partial charge in [-0.3, -0.25) is 4.79 Å². The molecule has 0 unspecified atom stereocenters. The Balaban J connectivity index is 1.45. The molecule has 0 saturated heterocycles. The van der Waals surface area contributed by atoms with Gasteiger partial charge in [0.2, 0.25) is 5.91 Å². The van der Waals surface area contributed by atoms with Gasteiger partial charge < -0.3 is 14.4 Å². The largest absolute Gasteiger partial charge is 0.493 e. The van der Waals surface area contributed by atoms with Crippen LogP contribution in [0.4, 0.5) is 13.2 Å². The quantitative estimate of drug-likeness (QED) is 0.426. The zero-order valence-electron chi connectivity index (χ0n) is 18.2. The van der Waals surface area contributed by atoms with Gasteiger partial charge in [0.05, 0.1) is 31.9 Å². The number of hydrogen-bond acceptors (Lipinski definition) is 5. The lowest BCUT2D eigenvalue weighted by Gasteiger charge is -2.22. The predicted molar refractivity (Wildman–Crippen MR) is 119 cm³/mol. The summed E-state index contributed by atoms with van der Waals surface area (Å²) in [5.74, 6) is 1.14. The number of benzene rings is 2. The Morgan fingerprint density at radius 1 is 1.09 bits per heavy atom. The first kappa shape index (κ1) is 23.1. The van der Waals surface area contributed by atoms with E-state index in [9.17, 15) is 18.0 Å². The number of carbonyl (C=O) groups excluding carboxylic acids is 1. The van der Waals surface area contributed by atoms with Crippen LogP contribution in [0.25, 0.3) is 10.6 Å². The zero-order valence-corrected chi connectivity index (χ0v) is 19.0. The van der Waals surface area contributed by atoms with Gasteiger partial charge in [-0.25, -0.2) is 4.98 Å². The van der Waals surface area contributed by atoms with Crippen molar-refractivity contribution in [3.8, 4) is 22.1 Å². The minimum atomic E-state index is -4.37. The summed E-state index contributed by atoms with van der Waals surface area (Å²) in [5, 5.41) is 2.62. The number of hydrogen-bond donors (Lipinski definition) is 0.